The van der Waals surface area contributed by atoms with Crippen LogP contribution in [0.15, 0.2) is 36.4 Å². The Morgan fingerprint density at radius 2 is 1.60 bits per heavy atom. The minimum Gasteiger partial charge on any atom is -0.355 e. The van der Waals surface area contributed by atoms with Gasteiger partial charge in [-0.15, -0.1) is 0 Å². The Balaban J connectivity index is 2.16. The zero-order valence-electron chi connectivity index (χ0n) is 20.2. The van der Waals surface area contributed by atoms with Crippen molar-refractivity contribution >= 4 is 5.91 Å². The SMILES string of the molecule is Cc1cc(C2(N3C[C@H](C(F)(F)F)C[C@H](C(F)(F)F)C3)C=CC=CC2CNC(=O)C(C)C)cc(C)n1. The first-order valence-electron chi connectivity index (χ1n) is 11.6. The van der Waals surface area contributed by atoms with Gasteiger partial charge >= 0.3 is 12.4 Å². The second-order valence-electron chi connectivity index (χ2n) is 9.83. The van der Waals surface area contributed by atoms with E-state index in [0.29, 0.717) is 17.0 Å². The van der Waals surface area contributed by atoms with Crippen molar-refractivity contribution in [2.75, 3.05) is 19.6 Å². The molecule has 4 atom stereocenters. The van der Waals surface area contributed by atoms with Gasteiger partial charge in [-0.2, -0.15) is 26.3 Å². The number of alkyl halides is 6. The van der Waals surface area contributed by atoms with E-state index in [1.165, 1.54) is 4.90 Å². The molecule has 3 rings (SSSR count). The second-order valence-corrected chi connectivity index (χ2v) is 9.83. The molecule has 1 amide bonds. The number of hydrogen-bond donors (Lipinski definition) is 1. The third-order valence-corrected chi connectivity index (χ3v) is 6.83. The van der Waals surface area contributed by atoms with Gasteiger partial charge in [0, 0.05) is 42.9 Å². The molecule has 0 saturated carbocycles. The molecule has 1 aromatic rings. The lowest BCUT2D eigenvalue weighted by Gasteiger charge is -2.52. The number of aryl methyl sites for hydroxylation is 2. The average molecular weight is 504 g/mol. The summed E-state index contributed by atoms with van der Waals surface area (Å²) in [7, 11) is 0. The number of carbonyl (C=O) groups excluding carboxylic acids is 1. The van der Waals surface area contributed by atoms with Gasteiger partial charge in [0.2, 0.25) is 5.91 Å². The maximum atomic E-state index is 13.8. The Kier molecular flexibility index (Phi) is 7.74. The highest BCUT2D eigenvalue weighted by Crippen LogP contribution is 2.48. The number of carbonyl (C=O) groups is 1. The Bertz CT molecular complexity index is 942. The number of nitrogens with one attached hydrogen (secondary N) is 1. The summed E-state index contributed by atoms with van der Waals surface area (Å²) in [5.41, 5.74) is 0.425. The van der Waals surface area contributed by atoms with Gasteiger partial charge in [-0.25, -0.2) is 0 Å². The zero-order valence-corrected chi connectivity index (χ0v) is 20.2. The summed E-state index contributed by atoms with van der Waals surface area (Å²) >= 11 is 0. The topological polar surface area (TPSA) is 45.2 Å². The molecule has 1 aliphatic heterocycles. The summed E-state index contributed by atoms with van der Waals surface area (Å²) < 4.78 is 83.1. The fourth-order valence-electron chi connectivity index (χ4n) is 5.08. The van der Waals surface area contributed by atoms with Crippen molar-refractivity contribution in [1.29, 1.82) is 0 Å². The lowest BCUT2D eigenvalue weighted by Crippen LogP contribution is -2.60. The van der Waals surface area contributed by atoms with Crippen LogP contribution in [0.3, 0.4) is 0 Å². The highest BCUT2D eigenvalue weighted by Gasteiger charge is 2.56. The number of pyridine rings is 1. The molecule has 0 aromatic carbocycles. The third-order valence-electron chi connectivity index (χ3n) is 6.83. The number of nitrogens with zero attached hydrogens (tertiary/aromatic N) is 2. The van der Waals surface area contributed by atoms with Gasteiger partial charge in [-0.05, 0) is 38.0 Å². The van der Waals surface area contributed by atoms with E-state index in [0.717, 1.165) is 0 Å². The number of halogens is 6. The van der Waals surface area contributed by atoms with Crippen molar-refractivity contribution in [1.82, 2.24) is 15.2 Å². The molecule has 194 valence electrons. The van der Waals surface area contributed by atoms with Gasteiger partial charge in [0.05, 0.1) is 17.4 Å². The van der Waals surface area contributed by atoms with E-state index in [1.807, 2.05) is 0 Å². The maximum absolute atomic E-state index is 13.8. The van der Waals surface area contributed by atoms with Crippen molar-refractivity contribution < 1.29 is 31.1 Å². The van der Waals surface area contributed by atoms with Crippen LogP contribution in [0.2, 0.25) is 0 Å². The summed E-state index contributed by atoms with van der Waals surface area (Å²) in [4.78, 5) is 18.0. The summed E-state index contributed by atoms with van der Waals surface area (Å²) in [5.74, 6) is -5.43. The predicted molar refractivity (Wildman–Crippen MR) is 120 cm³/mol. The Hall–Kier alpha value is -2.36. The standard InChI is InChI=1S/C25H31F6N3O/c1-15(2)22(35)32-12-18-7-5-6-8-23(18,19-9-16(3)33-17(4)10-19)34-13-20(24(26,27)28)11-21(14-34)25(29,30)31/h5-10,15,18,20-21H,11-14H2,1-4H3,(H,32,35)/t18?,20-,21+,23?. The molecule has 1 aromatic heterocycles. The summed E-state index contributed by atoms with van der Waals surface area (Å²) in [5, 5.41) is 2.82. The number of aromatic nitrogens is 1. The monoisotopic (exact) mass is 503 g/mol. The minimum atomic E-state index is -4.77. The number of amides is 1. The number of rotatable bonds is 5. The Morgan fingerprint density at radius 3 is 2.09 bits per heavy atom. The van der Waals surface area contributed by atoms with Crippen LogP contribution in [-0.2, 0) is 10.3 Å². The molecule has 0 radical (unpaired) electrons. The summed E-state index contributed by atoms with van der Waals surface area (Å²) in [6.45, 7) is 5.78. The fraction of sp³-hybridized carbons (Fsp3) is 0.600. The zero-order chi connectivity index (χ0) is 26.2. The number of allylic oxidation sites excluding steroid dienone is 2. The van der Waals surface area contributed by atoms with Gasteiger partial charge in [-0.3, -0.25) is 14.7 Å². The highest BCUT2D eigenvalue weighted by atomic mass is 19.4. The Labute approximate surface area is 201 Å². The van der Waals surface area contributed by atoms with Gasteiger partial charge < -0.3 is 5.32 Å². The number of hydrogen-bond acceptors (Lipinski definition) is 3. The number of likely N-dealkylation sites (tertiary alicyclic amines) is 1. The van der Waals surface area contributed by atoms with E-state index in [1.54, 1.807) is 64.1 Å². The van der Waals surface area contributed by atoms with Crippen molar-refractivity contribution in [2.24, 2.45) is 23.7 Å². The molecule has 1 N–H and O–H groups in total. The van der Waals surface area contributed by atoms with E-state index in [4.69, 9.17) is 0 Å². The van der Waals surface area contributed by atoms with Crippen LogP contribution < -0.4 is 5.32 Å². The smallest absolute Gasteiger partial charge is 0.355 e. The van der Waals surface area contributed by atoms with Crippen LogP contribution >= 0.6 is 0 Å². The quantitative estimate of drug-likeness (QED) is 0.542. The summed E-state index contributed by atoms with van der Waals surface area (Å²) in [6.07, 6.45) is -3.79. The first-order chi connectivity index (χ1) is 16.1. The lowest BCUT2D eigenvalue weighted by molar-refractivity contribution is -0.238. The van der Waals surface area contributed by atoms with Crippen LogP contribution in [0.5, 0.6) is 0 Å². The molecule has 1 saturated heterocycles. The molecular weight excluding hydrogens is 472 g/mol. The van der Waals surface area contributed by atoms with Crippen LogP contribution in [-0.4, -0.2) is 47.8 Å². The van der Waals surface area contributed by atoms with Crippen LogP contribution in [0.1, 0.15) is 37.2 Å². The second kappa shape index (κ2) is 9.95. The van der Waals surface area contributed by atoms with Crippen LogP contribution in [0.4, 0.5) is 26.3 Å². The molecule has 2 aliphatic rings. The first kappa shape index (κ1) is 27.2. The van der Waals surface area contributed by atoms with Gasteiger partial charge in [0.1, 0.15) is 0 Å². The largest absolute Gasteiger partial charge is 0.393 e. The van der Waals surface area contributed by atoms with Gasteiger partial charge in [-0.1, -0.05) is 38.2 Å². The van der Waals surface area contributed by atoms with Crippen LogP contribution in [0, 0.1) is 37.5 Å². The fourth-order valence-corrected chi connectivity index (χ4v) is 5.08. The molecule has 0 bridgehead atoms. The van der Waals surface area contributed by atoms with Gasteiger partial charge in [0.25, 0.3) is 0 Å². The molecule has 2 heterocycles. The van der Waals surface area contributed by atoms with Crippen molar-refractivity contribution in [3.63, 3.8) is 0 Å². The molecule has 4 nitrogen and oxygen atoms in total. The first-order valence-corrected chi connectivity index (χ1v) is 11.6. The maximum Gasteiger partial charge on any atom is 0.393 e. The van der Waals surface area contributed by atoms with E-state index in [2.05, 4.69) is 10.3 Å². The average Bonchev–Trinajstić information content (AvgIpc) is 2.75. The van der Waals surface area contributed by atoms with Crippen molar-refractivity contribution in [3.05, 3.63) is 53.4 Å². The molecule has 1 aliphatic carbocycles. The molecule has 0 spiro atoms. The van der Waals surface area contributed by atoms with E-state index < -0.39 is 55.2 Å². The van der Waals surface area contributed by atoms with Gasteiger partial charge in [0.15, 0.2) is 0 Å². The molecule has 10 heteroatoms. The molecule has 35 heavy (non-hydrogen) atoms. The highest BCUT2D eigenvalue weighted by molar-refractivity contribution is 5.77. The van der Waals surface area contributed by atoms with E-state index in [-0.39, 0.29) is 18.4 Å². The third kappa shape index (κ3) is 5.90. The number of piperidine rings is 1. The van der Waals surface area contributed by atoms with Crippen LogP contribution in [0.25, 0.3) is 0 Å². The van der Waals surface area contributed by atoms with E-state index >= 15 is 0 Å². The molecule has 1 fully saturated rings. The lowest BCUT2D eigenvalue weighted by atomic mass is 9.71. The Morgan fingerprint density at radius 1 is 1.06 bits per heavy atom. The minimum absolute atomic E-state index is 0.0577. The van der Waals surface area contributed by atoms with Crippen molar-refractivity contribution in [3.8, 4) is 0 Å². The molecule has 2 unspecified atom stereocenters. The normalized spacial score (nSPS) is 27.9. The van der Waals surface area contributed by atoms with Crippen molar-refractivity contribution in [2.45, 2.75) is 52.0 Å². The predicted octanol–water partition coefficient (Wildman–Crippen LogP) is 5.47. The molecular formula is C25H31F6N3O. The summed E-state index contributed by atoms with van der Waals surface area (Å²) in [6, 6.07) is 3.40. The van der Waals surface area contributed by atoms with E-state index in [9.17, 15) is 31.1 Å².